The highest BCUT2D eigenvalue weighted by molar-refractivity contribution is 6.35. The third-order valence-corrected chi connectivity index (χ3v) is 5.20. The number of anilines is 1. The van der Waals surface area contributed by atoms with E-state index in [1.807, 2.05) is 18.2 Å². The highest BCUT2D eigenvalue weighted by Crippen LogP contribution is 2.30. The first-order valence-corrected chi connectivity index (χ1v) is 9.89. The second kappa shape index (κ2) is 8.23. The van der Waals surface area contributed by atoms with E-state index in [2.05, 4.69) is 15.6 Å². The van der Waals surface area contributed by atoms with Crippen molar-refractivity contribution in [1.29, 1.82) is 0 Å². The summed E-state index contributed by atoms with van der Waals surface area (Å²) in [7, 11) is 0. The van der Waals surface area contributed by atoms with Crippen LogP contribution in [0.2, 0.25) is 10.0 Å². The molecule has 1 fully saturated rings. The quantitative estimate of drug-likeness (QED) is 0.589. The number of carbonyl (C=O) groups is 2. The molecule has 4 rings (SSSR count). The summed E-state index contributed by atoms with van der Waals surface area (Å²) < 4.78 is 0. The minimum Gasteiger partial charge on any atom is -0.349 e. The van der Waals surface area contributed by atoms with Crippen LogP contribution >= 0.6 is 23.2 Å². The number of amides is 2. The largest absolute Gasteiger partial charge is 0.349 e. The molecule has 29 heavy (non-hydrogen) atoms. The first kappa shape index (κ1) is 19.4. The van der Waals surface area contributed by atoms with Crippen LogP contribution in [0.1, 0.15) is 33.6 Å². The van der Waals surface area contributed by atoms with Crippen LogP contribution in [0.5, 0.6) is 0 Å². The monoisotopic (exact) mass is 425 g/mol. The second-order valence-corrected chi connectivity index (χ2v) is 7.62. The molecule has 1 aliphatic rings. The predicted molar refractivity (Wildman–Crippen MR) is 115 cm³/mol. The van der Waals surface area contributed by atoms with Crippen LogP contribution in [0.3, 0.4) is 0 Å². The smallest absolute Gasteiger partial charge is 0.257 e. The molecule has 146 valence electrons. The van der Waals surface area contributed by atoms with Gasteiger partial charge in [-0.05, 0) is 61.4 Å². The van der Waals surface area contributed by atoms with Crippen LogP contribution in [-0.4, -0.2) is 22.8 Å². The number of rotatable bonds is 5. The summed E-state index contributed by atoms with van der Waals surface area (Å²) in [5.41, 5.74) is 2.69. The summed E-state index contributed by atoms with van der Waals surface area (Å²) in [6, 6.07) is 15.6. The number of hydrogen-bond donors (Lipinski definition) is 2. The van der Waals surface area contributed by atoms with E-state index in [1.54, 1.807) is 36.5 Å². The van der Waals surface area contributed by atoms with Crippen molar-refractivity contribution >= 4 is 40.7 Å². The van der Waals surface area contributed by atoms with Crippen molar-refractivity contribution in [3.63, 3.8) is 0 Å². The Morgan fingerprint density at radius 1 is 0.931 bits per heavy atom. The van der Waals surface area contributed by atoms with Crippen molar-refractivity contribution in [2.24, 2.45) is 0 Å². The predicted octanol–water partition coefficient (Wildman–Crippen LogP) is 5.20. The van der Waals surface area contributed by atoms with Crippen LogP contribution < -0.4 is 10.6 Å². The Bertz CT molecular complexity index is 1080. The van der Waals surface area contributed by atoms with Gasteiger partial charge in [-0.3, -0.25) is 14.6 Å². The Hall–Kier alpha value is -2.89. The average molecular weight is 426 g/mol. The number of aromatic nitrogens is 1. The van der Waals surface area contributed by atoms with Gasteiger partial charge in [0.05, 0.1) is 21.3 Å². The average Bonchev–Trinajstić information content (AvgIpc) is 3.54. The summed E-state index contributed by atoms with van der Waals surface area (Å²) in [5.74, 6) is -0.558. The first-order chi connectivity index (χ1) is 14.0. The van der Waals surface area contributed by atoms with Gasteiger partial charge in [-0.2, -0.15) is 0 Å². The molecule has 1 saturated carbocycles. The summed E-state index contributed by atoms with van der Waals surface area (Å²) in [5, 5.41) is 6.46. The van der Waals surface area contributed by atoms with Gasteiger partial charge in [0.15, 0.2) is 0 Å². The molecular formula is C22H17Cl2N3O2. The third kappa shape index (κ3) is 4.58. The molecule has 0 atom stereocenters. The molecule has 5 nitrogen and oxygen atoms in total. The molecule has 0 saturated heterocycles. The molecule has 0 spiro atoms. The fourth-order valence-electron chi connectivity index (χ4n) is 2.86. The van der Waals surface area contributed by atoms with Gasteiger partial charge in [-0.25, -0.2) is 0 Å². The number of carbonyl (C=O) groups excluding carboxylic acids is 2. The number of nitrogens with one attached hydrogen (secondary N) is 2. The van der Waals surface area contributed by atoms with Gasteiger partial charge in [0.2, 0.25) is 0 Å². The molecule has 2 N–H and O–H groups in total. The molecule has 3 aromatic rings. The topological polar surface area (TPSA) is 71.1 Å². The van der Waals surface area contributed by atoms with Crippen molar-refractivity contribution < 1.29 is 9.59 Å². The third-order valence-electron chi connectivity index (χ3n) is 4.55. The summed E-state index contributed by atoms with van der Waals surface area (Å²) >= 11 is 12.6. The van der Waals surface area contributed by atoms with Gasteiger partial charge in [-0.15, -0.1) is 0 Å². The van der Waals surface area contributed by atoms with Gasteiger partial charge in [0, 0.05) is 29.1 Å². The van der Waals surface area contributed by atoms with Gasteiger partial charge in [0.25, 0.3) is 11.8 Å². The number of hydrogen-bond acceptors (Lipinski definition) is 3. The zero-order valence-corrected chi connectivity index (χ0v) is 16.8. The van der Waals surface area contributed by atoms with Crippen molar-refractivity contribution in [2.75, 3.05) is 5.32 Å². The molecule has 1 heterocycles. The normalized spacial score (nSPS) is 13.0. The van der Waals surface area contributed by atoms with E-state index in [4.69, 9.17) is 23.2 Å². The molecular weight excluding hydrogens is 409 g/mol. The summed E-state index contributed by atoms with van der Waals surface area (Å²) in [6.45, 7) is 0. The Labute approximate surface area is 178 Å². The highest BCUT2D eigenvalue weighted by Gasteiger charge is 2.24. The van der Waals surface area contributed by atoms with Crippen molar-refractivity contribution in [3.05, 3.63) is 82.0 Å². The molecule has 7 heteroatoms. The number of benzene rings is 2. The van der Waals surface area contributed by atoms with Gasteiger partial charge < -0.3 is 10.6 Å². The zero-order chi connectivity index (χ0) is 20.4. The molecule has 0 bridgehead atoms. The lowest BCUT2D eigenvalue weighted by molar-refractivity contribution is 0.0949. The van der Waals surface area contributed by atoms with E-state index >= 15 is 0 Å². The Morgan fingerprint density at radius 2 is 1.76 bits per heavy atom. The Balaban J connectivity index is 1.53. The lowest BCUT2D eigenvalue weighted by Gasteiger charge is -2.11. The maximum absolute atomic E-state index is 12.7. The van der Waals surface area contributed by atoms with Crippen LogP contribution in [0, 0.1) is 0 Å². The zero-order valence-electron chi connectivity index (χ0n) is 15.3. The van der Waals surface area contributed by atoms with Crippen LogP contribution in [0.4, 0.5) is 5.69 Å². The van der Waals surface area contributed by atoms with Gasteiger partial charge in [-0.1, -0.05) is 29.3 Å². The van der Waals surface area contributed by atoms with Gasteiger partial charge >= 0.3 is 0 Å². The fourth-order valence-corrected chi connectivity index (χ4v) is 3.34. The lowest BCUT2D eigenvalue weighted by Crippen LogP contribution is -2.25. The molecule has 2 amide bonds. The van der Waals surface area contributed by atoms with E-state index in [9.17, 15) is 9.59 Å². The van der Waals surface area contributed by atoms with Crippen molar-refractivity contribution in [2.45, 2.75) is 18.9 Å². The van der Waals surface area contributed by atoms with Gasteiger partial charge in [0.1, 0.15) is 0 Å². The molecule has 1 aliphatic carbocycles. The SMILES string of the molecule is O=C(NC1CC1)c1ccc(C(=O)Nc2ccc(Cl)c(-c3ccccn3)c2)c(Cl)c1. The maximum atomic E-state index is 12.7. The number of pyridine rings is 1. The van der Waals surface area contributed by atoms with Crippen molar-refractivity contribution in [1.82, 2.24) is 10.3 Å². The second-order valence-electron chi connectivity index (χ2n) is 6.81. The molecule has 2 aromatic carbocycles. The van der Waals surface area contributed by atoms with E-state index in [-0.39, 0.29) is 28.4 Å². The Morgan fingerprint density at radius 3 is 2.45 bits per heavy atom. The molecule has 0 unspecified atom stereocenters. The number of halogens is 2. The fraction of sp³-hybridized carbons (Fsp3) is 0.136. The lowest BCUT2D eigenvalue weighted by atomic mass is 10.1. The maximum Gasteiger partial charge on any atom is 0.257 e. The minimum atomic E-state index is -0.376. The Kier molecular flexibility index (Phi) is 5.51. The molecule has 1 aromatic heterocycles. The number of nitrogens with zero attached hydrogens (tertiary/aromatic N) is 1. The van der Waals surface area contributed by atoms with Crippen molar-refractivity contribution in [3.8, 4) is 11.3 Å². The summed E-state index contributed by atoms with van der Waals surface area (Å²) in [6.07, 6.45) is 3.68. The first-order valence-electron chi connectivity index (χ1n) is 9.14. The summed E-state index contributed by atoms with van der Waals surface area (Å²) in [4.78, 5) is 29.1. The van der Waals surface area contributed by atoms with E-state index in [1.165, 1.54) is 6.07 Å². The minimum absolute atomic E-state index is 0.181. The van der Waals surface area contributed by atoms with E-state index < -0.39 is 0 Å². The van der Waals surface area contributed by atoms with E-state index in [0.29, 0.717) is 27.5 Å². The molecule has 0 aliphatic heterocycles. The van der Waals surface area contributed by atoms with Crippen LogP contribution in [0.15, 0.2) is 60.8 Å². The van der Waals surface area contributed by atoms with Crippen LogP contribution in [0.25, 0.3) is 11.3 Å². The highest BCUT2D eigenvalue weighted by atomic mass is 35.5. The molecule has 0 radical (unpaired) electrons. The van der Waals surface area contributed by atoms with Crippen LogP contribution in [-0.2, 0) is 0 Å². The van der Waals surface area contributed by atoms with E-state index in [0.717, 1.165) is 12.8 Å². The standard InChI is InChI=1S/C22H17Cl2N3O2/c23-18-9-7-15(12-17(18)20-3-1-2-10-25-20)27-22(29)16-8-4-13(11-19(16)24)21(28)26-14-5-6-14/h1-4,7-12,14H,5-6H2,(H,26,28)(H,27,29).